The van der Waals surface area contributed by atoms with Gasteiger partial charge in [0.15, 0.2) is 0 Å². The van der Waals surface area contributed by atoms with Gasteiger partial charge in [0.05, 0.1) is 10.6 Å². The average Bonchev–Trinajstić information content (AvgIpc) is 2.67. The van der Waals surface area contributed by atoms with Crippen molar-refractivity contribution in [3.63, 3.8) is 0 Å². The minimum atomic E-state index is 0. The molecule has 0 aromatic carbocycles. The highest BCUT2D eigenvalue weighted by atomic mass is 35.5. The monoisotopic (exact) mass is 262 g/mol. The molecule has 82 valence electrons. The fraction of sp³-hybridized carbons (Fsp3) is 0.100. The second-order valence-electron chi connectivity index (χ2n) is 2.69. The number of halogens is 2. The zero-order chi connectivity index (χ0) is 9.10. The molecule has 0 aliphatic carbocycles. The normalized spacial score (nSPS) is 8.87. The third-order valence-electron chi connectivity index (χ3n) is 1.78. The summed E-state index contributed by atoms with van der Waals surface area (Å²) in [5.74, 6) is 0. The van der Waals surface area contributed by atoms with Gasteiger partial charge < -0.3 is 5.73 Å². The molecule has 0 amide bonds. The van der Waals surface area contributed by atoms with Crippen molar-refractivity contribution >= 4 is 36.2 Å². The van der Waals surface area contributed by atoms with Crippen molar-refractivity contribution in [2.75, 3.05) is 0 Å². The minimum Gasteiger partial charge on any atom is -0.326 e. The van der Waals surface area contributed by atoms with Crippen molar-refractivity contribution in [2.24, 2.45) is 5.73 Å². The molecule has 2 heterocycles. The molecule has 2 nitrogen and oxygen atoms in total. The molecule has 0 bridgehead atoms. The lowest BCUT2D eigenvalue weighted by atomic mass is 10.3. The van der Waals surface area contributed by atoms with Gasteiger partial charge in [-0.2, -0.15) is 0 Å². The number of rotatable bonds is 2. The molecule has 2 aromatic rings. The molecule has 0 radical (unpaired) electrons. The molecule has 2 aromatic heterocycles. The molecule has 5 heteroatoms. The quantitative estimate of drug-likeness (QED) is 0.904. The maximum Gasteiger partial charge on any atom is 0.0801 e. The van der Waals surface area contributed by atoms with Crippen LogP contribution in [0.2, 0.25) is 0 Å². The van der Waals surface area contributed by atoms with E-state index in [4.69, 9.17) is 5.73 Å². The summed E-state index contributed by atoms with van der Waals surface area (Å²) in [7, 11) is 0. The summed E-state index contributed by atoms with van der Waals surface area (Å²) >= 11 is 1.70. The molecular formula is C10H12Cl2N2S. The van der Waals surface area contributed by atoms with E-state index in [9.17, 15) is 0 Å². The second kappa shape index (κ2) is 6.80. The van der Waals surface area contributed by atoms with Gasteiger partial charge in [-0.15, -0.1) is 36.2 Å². The van der Waals surface area contributed by atoms with E-state index in [2.05, 4.69) is 17.1 Å². The Hall–Kier alpha value is -0.610. The van der Waals surface area contributed by atoms with Crippen molar-refractivity contribution in [1.82, 2.24) is 4.98 Å². The Labute approximate surface area is 105 Å². The third-order valence-corrected chi connectivity index (χ3v) is 2.91. The smallest absolute Gasteiger partial charge is 0.0801 e. The number of thiophene rings is 1. The first-order valence-electron chi connectivity index (χ1n) is 4.10. The van der Waals surface area contributed by atoms with Gasteiger partial charge in [-0.05, 0) is 24.3 Å². The summed E-state index contributed by atoms with van der Waals surface area (Å²) in [6.45, 7) is 0.609. The van der Waals surface area contributed by atoms with Crippen molar-refractivity contribution in [3.05, 3.63) is 41.4 Å². The molecule has 0 aliphatic rings. The molecule has 0 saturated carbocycles. The lowest BCUT2D eigenvalue weighted by Crippen LogP contribution is -1.91. The topological polar surface area (TPSA) is 38.9 Å². The molecular weight excluding hydrogens is 251 g/mol. The molecule has 0 aliphatic heterocycles. The fourth-order valence-electron chi connectivity index (χ4n) is 1.13. The number of pyridine rings is 1. The van der Waals surface area contributed by atoms with E-state index in [-0.39, 0.29) is 24.8 Å². The van der Waals surface area contributed by atoms with Crippen LogP contribution in [-0.4, -0.2) is 4.98 Å². The summed E-state index contributed by atoms with van der Waals surface area (Å²) in [6, 6.07) is 10.0. The molecule has 0 atom stereocenters. The summed E-state index contributed by atoms with van der Waals surface area (Å²) < 4.78 is 0. The lowest BCUT2D eigenvalue weighted by Gasteiger charge is -1.93. The Morgan fingerprint density at radius 1 is 1.13 bits per heavy atom. The Morgan fingerprint density at radius 3 is 2.47 bits per heavy atom. The van der Waals surface area contributed by atoms with E-state index in [1.165, 1.54) is 9.75 Å². The Morgan fingerprint density at radius 2 is 1.93 bits per heavy atom. The highest BCUT2D eigenvalue weighted by Gasteiger charge is 2.01. The first-order valence-corrected chi connectivity index (χ1v) is 4.92. The van der Waals surface area contributed by atoms with Crippen LogP contribution in [0.4, 0.5) is 0 Å². The van der Waals surface area contributed by atoms with Gasteiger partial charge in [-0.3, -0.25) is 4.98 Å². The van der Waals surface area contributed by atoms with Crippen LogP contribution in [0, 0.1) is 0 Å². The van der Waals surface area contributed by atoms with Crippen LogP contribution in [-0.2, 0) is 6.54 Å². The van der Waals surface area contributed by atoms with Crippen LogP contribution in [0.25, 0.3) is 10.6 Å². The van der Waals surface area contributed by atoms with Crippen molar-refractivity contribution in [3.8, 4) is 10.6 Å². The Bertz CT molecular complexity index is 389. The molecule has 0 spiro atoms. The van der Waals surface area contributed by atoms with Gasteiger partial charge in [-0.25, -0.2) is 0 Å². The van der Waals surface area contributed by atoms with Crippen LogP contribution >= 0.6 is 36.2 Å². The second-order valence-corrected chi connectivity index (χ2v) is 3.85. The van der Waals surface area contributed by atoms with Crippen molar-refractivity contribution < 1.29 is 0 Å². The van der Waals surface area contributed by atoms with E-state index in [0.29, 0.717) is 6.54 Å². The number of hydrogen-bond acceptors (Lipinski definition) is 3. The van der Waals surface area contributed by atoms with Gasteiger partial charge >= 0.3 is 0 Å². The minimum absolute atomic E-state index is 0. The number of hydrogen-bond donors (Lipinski definition) is 1. The molecule has 2 rings (SSSR count). The lowest BCUT2D eigenvalue weighted by molar-refractivity contribution is 1.11. The Balaban J connectivity index is 0.000000980. The van der Waals surface area contributed by atoms with E-state index >= 15 is 0 Å². The van der Waals surface area contributed by atoms with E-state index in [0.717, 1.165) is 5.69 Å². The summed E-state index contributed by atoms with van der Waals surface area (Å²) in [5.41, 5.74) is 6.55. The summed E-state index contributed by atoms with van der Waals surface area (Å²) in [4.78, 5) is 6.64. The third kappa shape index (κ3) is 3.47. The van der Waals surface area contributed by atoms with E-state index in [1.807, 2.05) is 18.2 Å². The van der Waals surface area contributed by atoms with Crippen LogP contribution in [0.5, 0.6) is 0 Å². The maximum atomic E-state index is 5.53. The van der Waals surface area contributed by atoms with Crippen LogP contribution in [0.15, 0.2) is 36.5 Å². The fourth-order valence-corrected chi connectivity index (χ4v) is 2.00. The predicted octanol–water partition coefficient (Wildman–Crippen LogP) is 3.11. The summed E-state index contributed by atoms with van der Waals surface area (Å²) in [6.07, 6.45) is 1.80. The van der Waals surface area contributed by atoms with Crippen LogP contribution < -0.4 is 5.73 Å². The van der Waals surface area contributed by atoms with Gasteiger partial charge in [0.25, 0.3) is 0 Å². The van der Waals surface area contributed by atoms with Crippen molar-refractivity contribution in [1.29, 1.82) is 0 Å². The van der Waals surface area contributed by atoms with Gasteiger partial charge in [-0.1, -0.05) is 6.07 Å². The largest absolute Gasteiger partial charge is 0.326 e. The van der Waals surface area contributed by atoms with Gasteiger partial charge in [0.1, 0.15) is 0 Å². The van der Waals surface area contributed by atoms with Crippen molar-refractivity contribution in [2.45, 2.75) is 6.54 Å². The molecule has 0 saturated heterocycles. The standard InChI is InChI=1S/C10H10N2S.2ClH/c11-7-8-4-5-10(13-8)9-3-1-2-6-12-9;;/h1-6H,7,11H2;2*1H. The molecule has 0 unspecified atom stereocenters. The Kier molecular flexibility index (Phi) is 6.52. The predicted molar refractivity (Wildman–Crippen MR) is 69.9 cm³/mol. The SMILES string of the molecule is Cl.Cl.NCc1ccc(-c2ccccn2)s1. The number of nitrogens with zero attached hydrogens (tertiary/aromatic N) is 1. The highest BCUT2D eigenvalue weighted by Crippen LogP contribution is 2.25. The average molecular weight is 263 g/mol. The van der Waals surface area contributed by atoms with E-state index in [1.54, 1.807) is 17.5 Å². The molecule has 0 fully saturated rings. The number of nitrogens with two attached hydrogens (primary N) is 1. The molecule has 2 N–H and O–H groups in total. The summed E-state index contributed by atoms with van der Waals surface area (Å²) in [5, 5.41) is 0. The van der Waals surface area contributed by atoms with Crippen LogP contribution in [0.1, 0.15) is 4.88 Å². The van der Waals surface area contributed by atoms with Crippen LogP contribution in [0.3, 0.4) is 0 Å². The van der Waals surface area contributed by atoms with Gasteiger partial charge in [0.2, 0.25) is 0 Å². The first kappa shape index (κ1) is 14.4. The van der Waals surface area contributed by atoms with E-state index < -0.39 is 0 Å². The van der Waals surface area contributed by atoms with Gasteiger partial charge in [0, 0.05) is 17.6 Å². The first-order chi connectivity index (χ1) is 6.40. The molecule has 15 heavy (non-hydrogen) atoms. The maximum absolute atomic E-state index is 5.53. The number of aromatic nitrogens is 1. The zero-order valence-electron chi connectivity index (χ0n) is 7.92. The highest BCUT2D eigenvalue weighted by molar-refractivity contribution is 7.15. The zero-order valence-corrected chi connectivity index (χ0v) is 10.4.